The van der Waals surface area contributed by atoms with Gasteiger partial charge in [-0.05, 0) is 18.6 Å². The van der Waals surface area contributed by atoms with Gasteiger partial charge in [0.2, 0.25) is 0 Å². The third-order valence-corrected chi connectivity index (χ3v) is 2.29. The highest BCUT2D eigenvalue weighted by Gasteiger charge is 2.18. The van der Waals surface area contributed by atoms with E-state index in [1.54, 1.807) is 12.1 Å². The fraction of sp³-hybridized carbons (Fsp3) is 0.500. The van der Waals surface area contributed by atoms with E-state index < -0.39 is 12.2 Å². The van der Waals surface area contributed by atoms with Gasteiger partial charge in [0.05, 0.1) is 25.1 Å². The molecule has 2 atom stereocenters. The lowest BCUT2D eigenvalue weighted by molar-refractivity contribution is 0.0144. The Morgan fingerprint density at radius 1 is 1.47 bits per heavy atom. The summed E-state index contributed by atoms with van der Waals surface area (Å²) in [5.74, 6) is 0.909. The summed E-state index contributed by atoms with van der Waals surface area (Å²) in [5.41, 5.74) is 0.411. The Morgan fingerprint density at radius 2 is 2.20 bits per heavy atom. The number of pyridine rings is 1. The predicted molar refractivity (Wildman–Crippen MR) is 57.1 cm³/mol. The van der Waals surface area contributed by atoms with Gasteiger partial charge in [-0.1, -0.05) is 0 Å². The van der Waals surface area contributed by atoms with Crippen molar-refractivity contribution in [3.8, 4) is 5.75 Å². The quantitative estimate of drug-likeness (QED) is 0.746. The van der Waals surface area contributed by atoms with Crippen molar-refractivity contribution in [2.45, 2.75) is 18.6 Å². The molecule has 15 heavy (non-hydrogen) atoms. The van der Waals surface area contributed by atoms with Crippen molar-refractivity contribution < 1.29 is 14.9 Å². The highest BCUT2D eigenvalue weighted by molar-refractivity contribution is 6.17. The molecule has 0 aliphatic heterocycles. The van der Waals surface area contributed by atoms with Crippen molar-refractivity contribution in [3.05, 3.63) is 24.0 Å². The van der Waals surface area contributed by atoms with E-state index in [2.05, 4.69) is 4.98 Å². The summed E-state index contributed by atoms with van der Waals surface area (Å²) >= 11 is 5.46. The van der Waals surface area contributed by atoms with E-state index in [1.807, 2.05) is 0 Å². The third-order valence-electron chi connectivity index (χ3n) is 2.07. The number of methoxy groups -OCH3 is 1. The average molecular weight is 232 g/mol. The van der Waals surface area contributed by atoms with Crippen molar-refractivity contribution in [1.29, 1.82) is 0 Å². The van der Waals surface area contributed by atoms with Crippen LogP contribution in [0.1, 0.15) is 18.2 Å². The molecule has 84 valence electrons. The van der Waals surface area contributed by atoms with Gasteiger partial charge in [0.15, 0.2) is 0 Å². The summed E-state index contributed by atoms with van der Waals surface area (Å²) in [6.45, 7) is 0. The van der Waals surface area contributed by atoms with Gasteiger partial charge in [-0.2, -0.15) is 0 Å². The number of ether oxygens (including phenoxy) is 1. The smallest absolute Gasteiger partial charge is 0.137 e. The Labute approximate surface area is 93.5 Å². The number of rotatable bonds is 5. The number of nitrogens with zero attached hydrogens (tertiary/aromatic N) is 1. The number of hydrogen-bond acceptors (Lipinski definition) is 4. The molecule has 1 aromatic heterocycles. The molecule has 0 amide bonds. The molecule has 0 saturated heterocycles. The zero-order valence-corrected chi connectivity index (χ0v) is 9.18. The van der Waals surface area contributed by atoms with Crippen molar-refractivity contribution in [1.82, 2.24) is 4.98 Å². The van der Waals surface area contributed by atoms with E-state index in [-0.39, 0.29) is 0 Å². The summed E-state index contributed by atoms with van der Waals surface area (Å²) in [6, 6.07) is 3.29. The molecule has 5 heteroatoms. The van der Waals surface area contributed by atoms with Crippen molar-refractivity contribution in [2.24, 2.45) is 0 Å². The fourth-order valence-corrected chi connectivity index (χ4v) is 1.38. The van der Waals surface area contributed by atoms with Gasteiger partial charge in [0, 0.05) is 5.88 Å². The third kappa shape index (κ3) is 3.34. The molecule has 1 heterocycles. The van der Waals surface area contributed by atoms with Crippen LogP contribution in [0.4, 0.5) is 0 Å². The second-order valence-electron chi connectivity index (χ2n) is 3.11. The molecule has 0 bridgehead atoms. The molecule has 0 aliphatic rings. The molecule has 0 aromatic carbocycles. The minimum absolute atomic E-state index is 0.300. The Balaban J connectivity index is 2.69. The topological polar surface area (TPSA) is 62.6 Å². The first-order chi connectivity index (χ1) is 7.19. The summed E-state index contributed by atoms with van der Waals surface area (Å²) in [6.07, 6.45) is -0.0689. The monoisotopic (exact) mass is 231 g/mol. The van der Waals surface area contributed by atoms with Gasteiger partial charge in [-0.3, -0.25) is 4.98 Å². The molecule has 0 radical (unpaired) electrons. The maximum Gasteiger partial charge on any atom is 0.137 e. The summed E-state index contributed by atoms with van der Waals surface area (Å²) in [7, 11) is 1.54. The average Bonchev–Trinajstić information content (AvgIpc) is 2.28. The summed E-state index contributed by atoms with van der Waals surface area (Å²) < 4.78 is 4.93. The standard InChI is InChI=1S/C10H14ClNO3/c1-15-7-2-3-8(12-6-7)10(14)9(13)4-5-11/h2-3,6,9-10,13-14H,4-5H2,1H3. The number of hydrogen-bond donors (Lipinski definition) is 2. The summed E-state index contributed by atoms with van der Waals surface area (Å²) in [5, 5.41) is 19.2. The van der Waals surface area contributed by atoms with E-state index in [0.29, 0.717) is 23.7 Å². The minimum Gasteiger partial charge on any atom is -0.495 e. The number of alkyl halides is 1. The van der Waals surface area contributed by atoms with Gasteiger partial charge in [0.1, 0.15) is 11.9 Å². The molecule has 2 N–H and O–H groups in total. The van der Waals surface area contributed by atoms with Crippen molar-refractivity contribution in [2.75, 3.05) is 13.0 Å². The highest BCUT2D eigenvalue weighted by Crippen LogP contribution is 2.19. The molecule has 0 aliphatic carbocycles. The fourth-order valence-electron chi connectivity index (χ4n) is 1.15. The lowest BCUT2D eigenvalue weighted by Crippen LogP contribution is -2.19. The first-order valence-electron chi connectivity index (χ1n) is 4.61. The van der Waals surface area contributed by atoms with Crippen LogP contribution in [-0.4, -0.2) is 34.3 Å². The van der Waals surface area contributed by atoms with Crippen LogP contribution < -0.4 is 4.74 Å². The number of halogens is 1. The number of aromatic nitrogens is 1. The molecule has 1 aromatic rings. The Kier molecular flexibility index (Phi) is 4.81. The molecule has 2 unspecified atom stereocenters. The Hall–Kier alpha value is -0.840. The maximum atomic E-state index is 9.67. The van der Waals surface area contributed by atoms with Gasteiger partial charge in [-0.25, -0.2) is 0 Å². The van der Waals surface area contributed by atoms with E-state index in [0.717, 1.165) is 0 Å². The SMILES string of the molecule is COc1ccc(C(O)C(O)CCCl)nc1. The molecule has 0 spiro atoms. The van der Waals surface area contributed by atoms with E-state index in [9.17, 15) is 10.2 Å². The first kappa shape index (κ1) is 12.2. The van der Waals surface area contributed by atoms with Crippen LogP contribution in [0.5, 0.6) is 5.75 Å². The van der Waals surface area contributed by atoms with E-state index >= 15 is 0 Å². The number of aliphatic hydroxyl groups is 2. The zero-order chi connectivity index (χ0) is 11.3. The second kappa shape index (κ2) is 5.90. The highest BCUT2D eigenvalue weighted by atomic mass is 35.5. The zero-order valence-electron chi connectivity index (χ0n) is 8.43. The van der Waals surface area contributed by atoms with Crippen LogP contribution in [0, 0.1) is 0 Å². The van der Waals surface area contributed by atoms with Crippen LogP contribution in [-0.2, 0) is 0 Å². The predicted octanol–water partition coefficient (Wildman–Crippen LogP) is 1.11. The van der Waals surface area contributed by atoms with Gasteiger partial charge < -0.3 is 14.9 Å². The molecule has 0 saturated carbocycles. The second-order valence-corrected chi connectivity index (χ2v) is 3.49. The van der Waals surface area contributed by atoms with Gasteiger partial charge in [0.25, 0.3) is 0 Å². The van der Waals surface area contributed by atoms with Crippen LogP contribution in [0.3, 0.4) is 0 Å². The van der Waals surface area contributed by atoms with Crippen molar-refractivity contribution >= 4 is 11.6 Å². The van der Waals surface area contributed by atoms with E-state index in [4.69, 9.17) is 16.3 Å². The molecular formula is C10H14ClNO3. The van der Waals surface area contributed by atoms with Crippen LogP contribution in [0.2, 0.25) is 0 Å². The lowest BCUT2D eigenvalue weighted by atomic mass is 10.1. The van der Waals surface area contributed by atoms with Gasteiger partial charge >= 0.3 is 0 Å². The largest absolute Gasteiger partial charge is 0.495 e. The van der Waals surface area contributed by atoms with Gasteiger partial charge in [-0.15, -0.1) is 11.6 Å². The lowest BCUT2D eigenvalue weighted by Gasteiger charge is -2.16. The molecule has 1 rings (SSSR count). The molecular weight excluding hydrogens is 218 g/mol. The van der Waals surface area contributed by atoms with E-state index in [1.165, 1.54) is 13.3 Å². The summed E-state index contributed by atoms with van der Waals surface area (Å²) in [4.78, 5) is 3.97. The Bertz CT molecular complexity index is 291. The normalized spacial score (nSPS) is 14.7. The molecule has 0 fully saturated rings. The van der Waals surface area contributed by atoms with Crippen LogP contribution in [0.25, 0.3) is 0 Å². The van der Waals surface area contributed by atoms with Crippen molar-refractivity contribution in [3.63, 3.8) is 0 Å². The molecule has 4 nitrogen and oxygen atoms in total. The van der Waals surface area contributed by atoms with Crippen LogP contribution in [0.15, 0.2) is 18.3 Å². The van der Waals surface area contributed by atoms with Crippen LogP contribution >= 0.6 is 11.6 Å². The first-order valence-corrected chi connectivity index (χ1v) is 5.14. The Morgan fingerprint density at radius 3 is 2.67 bits per heavy atom. The number of aliphatic hydroxyl groups excluding tert-OH is 2. The minimum atomic E-state index is -1.00. The maximum absolute atomic E-state index is 9.67.